The second kappa shape index (κ2) is 5.11. The van der Waals surface area contributed by atoms with Crippen molar-refractivity contribution < 1.29 is 0 Å². The van der Waals surface area contributed by atoms with Crippen molar-refractivity contribution in [2.24, 2.45) is 17.8 Å². The minimum Gasteiger partial charge on any atom is -0.0799 e. The van der Waals surface area contributed by atoms with Crippen molar-refractivity contribution in [2.75, 3.05) is 0 Å². The number of rotatable bonds is 2. The van der Waals surface area contributed by atoms with Crippen LogP contribution in [0.25, 0.3) is 0 Å². The molecule has 4 atom stereocenters. The summed E-state index contributed by atoms with van der Waals surface area (Å²) < 4.78 is 0. The molecule has 0 saturated heterocycles. The lowest BCUT2D eigenvalue weighted by Gasteiger charge is -2.49. The molecule has 0 spiro atoms. The summed E-state index contributed by atoms with van der Waals surface area (Å²) in [7, 11) is 0. The summed E-state index contributed by atoms with van der Waals surface area (Å²) in [5, 5.41) is 0. The number of allylic oxidation sites excluding steroid dienone is 4. The first-order valence-corrected chi connectivity index (χ1v) is 9.10. The molecule has 1 saturated carbocycles. The zero-order chi connectivity index (χ0) is 15.4. The van der Waals surface area contributed by atoms with Gasteiger partial charge in [-0.15, -0.1) is 0 Å². The van der Waals surface area contributed by atoms with E-state index in [2.05, 4.69) is 64.1 Å². The molecule has 2 bridgehead atoms. The minimum atomic E-state index is 0.635. The standard InChI is InChI=1S/C22H28/c1-13(2)15-5-7-17-20-10-9-19(21(17)11-15)18-8-6-16(14(3)4)12-22(18)20/h5-8,11-14,17,19-21H,9-10H2,1-4H3. The molecule has 4 unspecified atom stereocenters. The third-order valence-electron chi connectivity index (χ3n) is 6.30. The van der Waals surface area contributed by atoms with Crippen LogP contribution in [0.2, 0.25) is 0 Å². The summed E-state index contributed by atoms with van der Waals surface area (Å²) in [4.78, 5) is 0. The van der Waals surface area contributed by atoms with Crippen molar-refractivity contribution in [1.82, 2.24) is 0 Å². The fourth-order valence-corrected chi connectivity index (χ4v) is 4.99. The normalized spacial score (nSPS) is 32.2. The highest BCUT2D eigenvalue weighted by atomic mass is 14.5. The van der Waals surface area contributed by atoms with Gasteiger partial charge in [0.2, 0.25) is 0 Å². The lowest BCUT2D eigenvalue weighted by Crippen LogP contribution is -2.37. The molecule has 0 nitrogen and oxygen atoms in total. The lowest BCUT2D eigenvalue weighted by atomic mass is 9.54. The Bertz CT molecular complexity index is 644. The largest absolute Gasteiger partial charge is 0.0799 e. The second-order valence-corrected chi connectivity index (χ2v) is 8.17. The van der Waals surface area contributed by atoms with Crippen LogP contribution in [0.1, 0.15) is 75.0 Å². The van der Waals surface area contributed by atoms with Crippen LogP contribution in [0.4, 0.5) is 0 Å². The predicted molar refractivity (Wildman–Crippen MR) is 94.3 cm³/mol. The van der Waals surface area contributed by atoms with Gasteiger partial charge >= 0.3 is 0 Å². The van der Waals surface area contributed by atoms with Gasteiger partial charge in [0.05, 0.1) is 0 Å². The van der Waals surface area contributed by atoms with Crippen LogP contribution in [0.15, 0.2) is 42.0 Å². The van der Waals surface area contributed by atoms with Crippen molar-refractivity contribution in [1.29, 1.82) is 0 Å². The molecule has 0 amide bonds. The highest BCUT2D eigenvalue weighted by molar-refractivity contribution is 5.47. The van der Waals surface area contributed by atoms with E-state index < -0.39 is 0 Å². The van der Waals surface area contributed by atoms with Crippen LogP contribution < -0.4 is 0 Å². The molecule has 1 aromatic carbocycles. The number of fused-ring (bicyclic) bond motifs is 1. The highest BCUT2D eigenvalue weighted by Gasteiger charge is 2.45. The van der Waals surface area contributed by atoms with Gasteiger partial charge in [-0.2, -0.15) is 0 Å². The van der Waals surface area contributed by atoms with Crippen molar-refractivity contribution >= 4 is 0 Å². The summed E-state index contributed by atoms with van der Waals surface area (Å²) in [5.41, 5.74) is 6.40. The Morgan fingerprint density at radius 1 is 0.864 bits per heavy atom. The zero-order valence-electron chi connectivity index (χ0n) is 14.3. The van der Waals surface area contributed by atoms with E-state index in [0.717, 1.165) is 23.7 Å². The SMILES string of the molecule is CC(C)C1=CC2C3CCC(c4cc(C(C)C)ccc43)C2C=C1. The molecule has 0 aliphatic heterocycles. The van der Waals surface area contributed by atoms with Gasteiger partial charge in [-0.05, 0) is 70.6 Å². The number of hydrogen-bond donors (Lipinski definition) is 0. The smallest absolute Gasteiger partial charge is 0.00896 e. The Labute approximate surface area is 135 Å². The summed E-state index contributed by atoms with van der Waals surface area (Å²) in [6, 6.07) is 7.37. The van der Waals surface area contributed by atoms with E-state index in [4.69, 9.17) is 0 Å². The molecule has 4 aliphatic rings. The second-order valence-electron chi connectivity index (χ2n) is 8.17. The molecular weight excluding hydrogens is 264 g/mol. The van der Waals surface area contributed by atoms with Crippen LogP contribution in [-0.4, -0.2) is 0 Å². The van der Waals surface area contributed by atoms with E-state index in [9.17, 15) is 0 Å². The number of benzene rings is 1. The van der Waals surface area contributed by atoms with E-state index in [0.29, 0.717) is 11.8 Å². The lowest BCUT2D eigenvalue weighted by molar-refractivity contribution is 0.222. The van der Waals surface area contributed by atoms with Crippen LogP contribution in [0, 0.1) is 17.8 Å². The molecule has 22 heavy (non-hydrogen) atoms. The average molecular weight is 292 g/mol. The fourth-order valence-electron chi connectivity index (χ4n) is 4.99. The molecule has 5 rings (SSSR count). The van der Waals surface area contributed by atoms with E-state index in [1.807, 2.05) is 0 Å². The van der Waals surface area contributed by atoms with Crippen LogP contribution >= 0.6 is 0 Å². The third-order valence-corrected chi connectivity index (χ3v) is 6.30. The highest BCUT2D eigenvalue weighted by Crippen LogP contribution is 2.58. The third kappa shape index (κ3) is 2.03. The maximum Gasteiger partial charge on any atom is -0.00896 e. The van der Waals surface area contributed by atoms with Crippen molar-refractivity contribution in [3.8, 4) is 0 Å². The van der Waals surface area contributed by atoms with Gasteiger partial charge in [-0.25, -0.2) is 0 Å². The zero-order valence-corrected chi connectivity index (χ0v) is 14.3. The Balaban J connectivity index is 1.78. The number of hydrogen-bond acceptors (Lipinski definition) is 0. The average Bonchev–Trinajstić information content (AvgIpc) is 2.54. The van der Waals surface area contributed by atoms with Gasteiger partial charge in [0.15, 0.2) is 0 Å². The monoisotopic (exact) mass is 292 g/mol. The van der Waals surface area contributed by atoms with Gasteiger partial charge in [0.25, 0.3) is 0 Å². The van der Waals surface area contributed by atoms with E-state index in [-0.39, 0.29) is 0 Å². The maximum atomic E-state index is 2.62. The van der Waals surface area contributed by atoms with Gasteiger partial charge in [0.1, 0.15) is 0 Å². The molecule has 0 heteroatoms. The Kier molecular flexibility index (Phi) is 3.33. The molecule has 0 aromatic heterocycles. The Morgan fingerprint density at radius 2 is 1.59 bits per heavy atom. The van der Waals surface area contributed by atoms with Crippen molar-refractivity contribution in [3.05, 3.63) is 58.7 Å². The molecule has 4 aliphatic carbocycles. The van der Waals surface area contributed by atoms with Crippen LogP contribution in [0.5, 0.6) is 0 Å². The summed E-state index contributed by atoms with van der Waals surface area (Å²) in [6.45, 7) is 9.26. The summed E-state index contributed by atoms with van der Waals surface area (Å²) in [5.74, 6) is 4.29. The van der Waals surface area contributed by atoms with Crippen LogP contribution in [-0.2, 0) is 0 Å². The first-order chi connectivity index (χ1) is 10.6. The van der Waals surface area contributed by atoms with Crippen molar-refractivity contribution in [3.63, 3.8) is 0 Å². The van der Waals surface area contributed by atoms with Gasteiger partial charge in [-0.1, -0.05) is 64.1 Å². The molecule has 0 N–H and O–H groups in total. The van der Waals surface area contributed by atoms with E-state index in [1.54, 1.807) is 16.7 Å². The fraction of sp³-hybridized carbons (Fsp3) is 0.545. The summed E-state index contributed by atoms with van der Waals surface area (Å²) in [6.07, 6.45) is 10.3. The van der Waals surface area contributed by atoms with Gasteiger partial charge < -0.3 is 0 Å². The Morgan fingerprint density at radius 3 is 2.27 bits per heavy atom. The van der Waals surface area contributed by atoms with E-state index >= 15 is 0 Å². The molecule has 0 heterocycles. The molecule has 1 fully saturated rings. The molecule has 116 valence electrons. The van der Waals surface area contributed by atoms with Gasteiger partial charge in [0, 0.05) is 0 Å². The molecule has 1 aromatic rings. The summed E-state index contributed by atoms with van der Waals surface area (Å²) >= 11 is 0. The maximum absolute atomic E-state index is 2.62. The first-order valence-electron chi connectivity index (χ1n) is 9.10. The van der Waals surface area contributed by atoms with E-state index in [1.165, 1.54) is 18.4 Å². The quantitative estimate of drug-likeness (QED) is 0.611. The molecular formula is C22H28. The molecule has 0 radical (unpaired) electrons. The van der Waals surface area contributed by atoms with Crippen molar-refractivity contribution in [2.45, 2.75) is 58.3 Å². The topological polar surface area (TPSA) is 0 Å². The van der Waals surface area contributed by atoms with Gasteiger partial charge in [-0.3, -0.25) is 0 Å². The van der Waals surface area contributed by atoms with Crippen LogP contribution in [0.3, 0.4) is 0 Å². The first kappa shape index (κ1) is 14.3. The minimum absolute atomic E-state index is 0.635. The Hall–Kier alpha value is -1.30. The predicted octanol–water partition coefficient (Wildman–Crippen LogP) is 6.17.